The summed E-state index contributed by atoms with van der Waals surface area (Å²) in [4.78, 5) is 48.2. The molecule has 9 nitrogen and oxygen atoms in total. The molecule has 0 saturated carbocycles. The zero-order valence-corrected chi connectivity index (χ0v) is 15.7. The Morgan fingerprint density at radius 2 is 1.96 bits per heavy atom. The predicted octanol–water partition coefficient (Wildman–Crippen LogP) is 1.49. The number of carbonyl (C=O) groups excluding carboxylic acids is 4. The maximum absolute atomic E-state index is 12.5. The van der Waals surface area contributed by atoms with Gasteiger partial charge in [0.25, 0.3) is 0 Å². The second-order valence-corrected chi connectivity index (χ2v) is 6.44. The lowest BCUT2D eigenvalue weighted by Gasteiger charge is -2.28. The van der Waals surface area contributed by atoms with E-state index in [2.05, 4.69) is 4.74 Å². The lowest BCUT2D eigenvalue weighted by Crippen LogP contribution is -2.45. The van der Waals surface area contributed by atoms with Crippen molar-refractivity contribution < 1.29 is 33.4 Å². The van der Waals surface area contributed by atoms with Gasteiger partial charge in [-0.2, -0.15) is 0 Å². The molecule has 148 valence electrons. The van der Waals surface area contributed by atoms with Crippen molar-refractivity contribution >= 4 is 34.8 Å². The first-order valence-corrected chi connectivity index (χ1v) is 8.60. The lowest BCUT2D eigenvalue weighted by atomic mass is 9.81. The number of carbonyl (C=O) groups is 4. The highest BCUT2D eigenvalue weighted by Gasteiger charge is 2.42. The van der Waals surface area contributed by atoms with Gasteiger partial charge in [-0.1, -0.05) is 0 Å². The van der Waals surface area contributed by atoms with E-state index >= 15 is 0 Å². The van der Waals surface area contributed by atoms with Crippen LogP contribution in [0.25, 0.3) is 10.9 Å². The number of imide groups is 1. The molecule has 2 amide bonds. The van der Waals surface area contributed by atoms with E-state index in [4.69, 9.17) is 9.47 Å². The third-order valence-corrected chi connectivity index (χ3v) is 4.86. The Hall–Kier alpha value is -3.36. The van der Waals surface area contributed by atoms with Crippen LogP contribution in [0.1, 0.15) is 28.3 Å². The molecule has 0 bridgehead atoms. The van der Waals surface area contributed by atoms with Gasteiger partial charge in [-0.25, -0.2) is 9.59 Å². The molecule has 28 heavy (non-hydrogen) atoms. The van der Waals surface area contributed by atoms with Gasteiger partial charge in [-0.05, 0) is 30.2 Å². The van der Waals surface area contributed by atoms with Gasteiger partial charge in [-0.15, -0.1) is 0 Å². The Labute approximate surface area is 160 Å². The van der Waals surface area contributed by atoms with Crippen molar-refractivity contribution in [2.75, 3.05) is 20.8 Å². The van der Waals surface area contributed by atoms with Gasteiger partial charge in [0.2, 0.25) is 5.91 Å². The fraction of sp³-hybridized carbons (Fsp3) is 0.368. The first kappa shape index (κ1) is 19.4. The summed E-state index contributed by atoms with van der Waals surface area (Å²) in [5.41, 5.74) is 1.90. The molecule has 1 aromatic carbocycles. The number of amides is 2. The van der Waals surface area contributed by atoms with Gasteiger partial charge in [0.1, 0.15) is 5.92 Å². The van der Waals surface area contributed by atoms with E-state index in [0.717, 1.165) is 18.0 Å². The second-order valence-electron chi connectivity index (χ2n) is 6.44. The Morgan fingerprint density at radius 3 is 2.64 bits per heavy atom. The van der Waals surface area contributed by atoms with E-state index in [0.29, 0.717) is 17.5 Å². The standard InChI is InChI=1S/C19H20N2O7/c1-21-9-13(12-8-10(17(23)26-2)4-5-14(12)21)11-6-7-28-18(24)15(11)16(22)20-19(25)27-3/h4-5,8-9,11,15H,6-7H2,1-3H3,(H,20,22,25)/t11-,15+/m1/s1. The number of rotatable bonds is 3. The summed E-state index contributed by atoms with van der Waals surface area (Å²) in [6.45, 7) is 0.151. The second kappa shape index (κ2) is 7.71. The van der Waals surface area contributed by atoms with Crippen LogP contribution in [0.4, 0.5) is 4.79 Å². The highest BCUT2D eigenvalue weighted by molar-refractivity contribution is 6.05. The van der Waals surface area contributed by atoms with Gasteiger partial charge in [0, 0.05) is 30.1 Å². The lowest BCUT2D eigenvalue weighted by molar-refractivity contribution is -0.158. The van der Waals surface area contributed by atoms with E-state index in [9.17, 15) is 19.2 Å². The van der Waals surface area contributed by atoms with Crippen LogP contribution in [0.3, 0.4) is 0 Å². The Balaban J connectivity index is 2.07. The van der Waals surface area contributed by atoms with Crippen LogP contribution in [0, 0.1) is 5.92 Å². The van der Waals surface area contributed by atoms with Crippen LogP contribution in [0.15, 0.2) is 24.4 Å². The first-order chi connectivity index (χ1) is 13.4. The fourth-order valence-electron chi connectivity index (χ4n) is 3.52. The molecular weight excluding hydrogens is 368 g/mol. The number of benzene rings is 1. The fourth-order valence-corrected chi connectivity index (χ4v) is 3.52. The van der Waals surface area contributed by atoms with Crippen LogP contribution >= 0.6 is 0 Å². The summed E-state index contributed by atoms with van der Waals surface area (Å²) < 4.78 is 16.1. The summed E-state index contributed by atoms with van der Waals surface area (Å²) in [7, 11) is 4.25. The van der Waals surface area contributed by atoms with Crippen LogP contribution < -0.4 is 5.32 Å². The third-order valence-electron chi connectivity index (χ3n) is 4.86. The van der Waals surface area contributed by atoms with Crippen LogP contribution in [-0.2, 0) is 30.8 Å². The number of aromatic nitrogens is 1. The summed E-state index contributed by atoms with van der Waals surface area (Å²) >= 11 is 0. The summed E-state index contributed by atoms with van der Waals surface area (Å²) in [6.07, 6.45) is 1.26. The molecule has 0 spiro atoms. The van der Waals surface area contributed by atoms with Crippen molar-refractivity contribution in [3.05, 3.63) is 35.5 Å². The van der Waals surface area contributed by atoms with Crippen molar-refractivity contribution in [1.82, 2.24) is 9.88 Å². The van der Waals surface area contributed by atoms with Gasteiger partial charge in [-0.3, -0.25) is 14.9 Å². The number of hydrogen-bond donors (Lipinski definition) is 1. The summed E-state index contributed by atoms with van der Waals surface area (Å²) in [5.74, 6) is -3.72. The molecule has 3 rings (SSSR count). The molecule has 0 unspecified atom stereocenters. The quantitative estimate of drug-likeness (QED) is 0.481. The van der Waals surface area contributed by atoms with Crippen LogP contribution in [0.5, 0.6) is 0 Å². The average Bonchev–Trinajstić information content (AvgIpc) is 3.02. The predicted molar refractivity (Wildman–Crippen MR) is 96.6 cm³/mol. The number of fused-ring (bicyclic) bond motifs is 1. The molecule has 1 aromatic heterocycles. The number of methoxy groups -OCH3 is 2. The number of ether oxygens (including phenoxy) is 3. The normalized spacial score (nSPS) is 19.0. The molecular formula is C19H20N2O7. The van der Waals surface area contributed by atoms with Gasteiger partial charge in [0.05, 0.1) is 26.4 Å². The van der Waals surface area contributed by atoms with E-state index < -0.39 is 35.8 Å². The zero-order valence-electron chi connectivity index (χ0n) is 15.7. The van der Waals surface area contributed by atoms with Crippen molar-refractivity contribution in [3.8, 4) is 0 Å². The van der Waals surface area contributed by atoms with Gasteiger partial charge >= 0.3 is 18.0 Å². The van der Waals surface area contributed by atoms with Crippen molar-refractivity contribution in [2.24, 2.45) is 13.0 Å². The van der Waals surface area contributed by atoms with E-state index in [1.165, 1.54) is 7.11 Å². The van der Waals surface area contributed by atoms with Crippen molar-refractivity contribution in [1.29, 1.82) is 0 Å². The Bertz CT molecular complexity index is 963. The molecule has 1 fully saturated rings. The average molecular weight is 388 g/mol. The van der Waals surface area contributed by atoms with E-state index in [1.807, 2.05) is 23.1 Å². The summed E-state index contributed by atoms with van der Waals surface area (Å²) in [5, 5.41) is 2.76. The van der Waals surface area contributed by atoms with Crippen molar-refractivity contribution in [3.63, 3.8) is 0 Å². The topological polar surface area (TPSA) is 113 Å². The number of alkyl carbamates (subject to hydrolysis) is 1. The maximum atomic E-state index is 12.5. The monoisotopic (exact) mass is 388 g/mol. The zero-order chi connectivity index (χ0) is 20.4. The third kappa shape index (κ3) is 3.42. The number of esters is 2. The molecule has 1 N–H and O–H groups in total. The summed E-state index contributed by atoms with van der Waals surface area (Å²) in [6, 6.07) is 5.09. The minimum atomic E-state index is -1.21. The molecule has 2 aromatic rings. The molecule has 2 atom stereocenters. The molecule has 2 heterocycles. The highest BCUT2D eigenvalue weighted by Crippen LogP contribution is 2.38. The maximum Gasteiger partial charge on any atom is 0.413 e. The Kier molecular flexibility index (Phi) is 5.34. The van der Waals surface area contributed by atoms with E-state index in [-0.39, 0.29) is 6.61 Å². The molecule has 1 aliphatic heterocycles. The van der Waals surface area contributed by atoms with Crippen LogP contribution in [-0.4, -0.2) is 49.3 Å². The van der Waals surface area contributed by atoms with Crippen molar-refractivity contribution in [2.45, 2.75) is 12.3 Å². The SMILES string of the molecule is COC(=O)NC(=O)[C@H]1C(=O)OCC[C@@H]1c1cn(C)c2ccc(C(=O)OC)cc12. The number of hydrogen-bond acceptors (Lipinski definition) is 7. The van der Waals surface area contributed by atoms with E-state index in [1.54, 1.807) is 18.2 Å². The van der Waals surface area contributed by atoms with Gasteiger partial charge in [0.15, 0.2) is 0 Å². The smallest absolute Gasteiger partial charge is 0.413 e. The van der Waals surface area contributed by atoms with Gasteiger partial charge < -0.3 is 18.8 Å². The molecule has 1 saturated heterocycles. The van der Waals surface area contributed by atoms with Crippen LogP contribution in [0.2, 0.25) is 0 Å². The number of cyclic esters (lactones) is 1. The number of nitrogens with one attached hydrogen (secondary N) is 1. The minimum absolute atomic E-state index is 0.151. The minimum Gasteiger partial charge on any atom is -0.465 e. The Morgan fingerprint density at radius 1 is 1.21 bits per heavy atom. The number of nitrogens with zero attached hydrogens (tertiary/aromatic N) is 1. The molecule has 0 radical (unpaired) electrons. The molecule has 1 aliphatic rings. The largest absolute Gasteiger partial charge is 0.465 e. The first-order valence-electron chi connectivity index (χ1n) is 8.60. The number of aryl methyl sites for hydroxylation is 1. The molecule has 9 heteroatoms. The molecule has 0 aliphatic carbocycles. The highest BCUT2D eigenvalue weighted by atomic mass is 16.5.